The van der Waals surface area contributed by atoms with E-state index in [0.717, 1.165) is 17.7 Å². The van der Waals surface area contributed by atoms with Gasteiger partial charge in [-0.05, 0) is 5.56 Å². The van der Waals surface area contributed by atoms with Gasteiger partial charge in [0, 0.05) is 12.0 Å². The lowest BCUT2D eigenvalue weighted by Crippen LogP contribution is -2.69. The Morgan fingerprint density at radius 2 is 1.79 bits per heavy atom. The lowest BCUT2D eigenvalue weighted by molar-refractivity contribution is -0.437. The minimum absolute atomic E-state index is 0.416. The van der Waals surface area contributed by atoms with Crippen molar-refractivity contribution in [1.82, 2.24) is 0 Å². The Morgan fingerprint density at radius 3 is 2.21 bits per heavy atom. The van der Waals surface area contributed by atoms with Crippen LogP contribution in [0.5, 0.6) is 0 Å². The Kier molecular flexibility index (Phi) is 3.62. The van der Waals surface area contributed by atoms with E-state index in [4.69, 9.17) is 0 Å². The maximum Gasteiger partial charge on any atom is 0.129 e. The van der Waals surface area contributed by atoms with E-state index in [9.17, 15) is 9.90 Å². The zero-order valence-electron chi connectivity index (χ0n) is 8.03. The number of quaternary nitrogens is 2. The lowest BCUT2D eigenvalue weighted by atomic mass is 10.0. The van der Waals surface area contributed by atoms with E-state index in [0.29, 0.717) is 6.42 Å². The van der Waals surface area contributed by atoms with Gasteiger partial charge in [-0.25, -0.2) is 0 Å². The summed E-state index contributed by atoms with van der Waals surface area (Å²) in [6.07, 6.45) is 0.416. The summed E-state index contributed by atoms with van der Waals surface area (Å²) in [7, 11) is 0. The van der Waals surface area contributed by atoms with Gasteiger partial charge in [0.1, 0.15) is 6.04 Å². The maximum atomic E-state index is 10.4. The minimum atomic E-state index is -1.11. The molecule has 0 unspecified atom stereocenters. The number of hydrogen-bond donors (Lipinski definition) is 2. The third-order valence-electron chi connectivity index (χ3n) is 2.13. The Hall–Kier alpha value is -1.39. The van der Waals surface area contributed by atoms with E-state index >= 15 is 0 Å². The predicted molar refractivity (Wildman–Crippen MR) is 48.4 cm³/mol. The highest BCUT2D eigenvalue weighted by Crippen LogP contribution is 2.04. The Bertz CT molecular complexity index is 308. The molecule has 4 nitrogen and oxygen atoms in total. The molecule has 0 fully saturated rings. The van der Waals surface area contributed by atoms with E-state index in [1.54, 1.807) is 0 Å². The van der Waals surface area contributed by atoms with Gasteiger partial charge < -0.3 is 21.4 Å². The van der Waals surface area contributed by atoms with Gasteiger partial charge >= 0.3 is 0 Å². The fourth-order valence-corrected chi connectivity index (χ4v) is 1.21. The van der Waals surface area contributed by atoms with Crippen molar-refractivity contribution < 1.29 is 21.4 Å². The first-order valence-corrected chi connectivity index (χ1v) is 4.54. The molecule has 0 heterocycles. The van der Waals surface area contributed by atoms with Crippen molar-refractivity contribution >= 4 is 5.97 Å². The van der Waals surface area contributed by atoms with Gasteiger partial charge in [-0.3, -0.25) is 0 Å². The van der Waals surface area contributed by atoms with Gasteiger partial charge in [-0.2, -0.15) is 0 Å². The normalized spacial score (nSPS) is 12.4. The molecule has 0 aliphatic rings. The molecule has 0 saturated carbocycles. The van der Waals surface area contributed by atoms with Crippen molar-refractivity contribution in [2.75, 3.05) is 0 Å². The largest absolute Gasteiger partial charge is 0.544 e. The number of carboxylic acids is 1. The SMILES string of the molecule is [NH3+]Cc1ccc(C[C@@H]([NH3+])C(=O)[O-])cc1. The molecule has 0 spiro atoms. The summed E-state index contributed by atoms with van der Waals surface area (Å²) in [4.78, 5) is 10.4. The summed E-state index contributed by atoms with van der Waals surface area (Å²) in [5, 5.41) is 10.4. The van der Waals surface area contributed by atoms with Crippen LogP contribution in [0.1, 0.15) is 11.1 Å². The third-order valence-corrected chi connectivity index (χ3v) is 2.13. The molecule has 0 aromatic heterocycles. The molecule has 0 aliphatic carbocycles. The van der Waals surface area contributed by atoms with E-state index in [1.165, 1.54) is 0 Å². The first-order valence-electron chi connectivity index (χ1n) is 4.54. The zero-order chi connectivity index (χ0) is 10.6. The van der Waals surface area contributed by atoms with E-state index in [2.05, 4.69) is 11.5 Å². The number of rotatable bonds is 4. The van der Waals surface area contributed by atoms with Gasteiger partial charge in [0.15, 0.2) is 0 Å². The number of carbonyl (C=O) groups is 1. The van der Waals surface area contributed by atoms with Gasteiger partial charge in [0.05, 0.1) is 12.5 Å². The number of aliphatic carboxylic acids is 1. The van der Waals surface area contributed by atoms with Crippen LogP contribution in [-0.4, -0.2) is 12.0 Å². The Balaban J connectivity index is 2.64. The molecule has 0 bridgehead atoms. The van der Waals surface area contributed by atoms with Crippen LogP contribution in [0.15, 0.2) is 24.3 Å². The van der Waals surface area contributed by atoms with E-state index in [1.807, 2.05) is 24.3 Å². The molecule has 0 saturated heterocycles. The zero-order valence-corrected chi connectivity index (χ0v) is 8.03. The van der Waals surface area contributed by atoms with Crippen LogP contribution >= 0.6 is 0 Å². The summed E-state index contributed by atoms with van der Waals surface area (Å²) in [6, 6.07) is 7.03. The van der Waals surface area contributed by atoms with Crippen molar-refractivity contribution in [3.8, 4) is 0 Å². The molecule has 0 amide bonds. The quantitative estimate of drug-likeness (QED) is 0.548. The van der Waals surface area contributed by atoms with Gasteiger partial charge in [-0.1, -0.05) is 24.3 Å². The van der Waals surface area contributed by atoms with Crippen LogP contribution < -0.4 is 16.6 Å². The fraction of sp³-hybridized carbons (Fsp3) is 0.300. The summed E-state index contributed by atoms with van der Waals surface area (Å²) in [6.45, 7) is 0.745. The number of carboxylic acid groups (broad SMARTS) is 1. The van der Waals surface area contributed by atoms with Crippen molar-refractivity contribution in [2.24, 2.45) is 0 Å². The van der Waals surface area contributed by atoms with Gasteiger partial charge in [-0.15, -0.1) is 0 Å². The standard InChI is InChI=1S/C10H14N2O2/c11-6-8-3-1-7(2-4-8)5-9(12)10(13)14/h1-4,9H,5-6,11-12H2,(H,13,14)/p+1/t9-/m1/s1. The second-order valence-electron chi connectivity index (χ2n) is 3.29. The molecular formula is C10H15N2O2+. The monoisotopic (exact) mass is 195 g/mol. The molecule has 0 radical (unpaired) electrons. The second kappa shape index (κ2) is 4.74. The summed E-state index contributed by atoms with van der Waals surface area (Å²) >= 11 is 0. The van der Waals surface area contributed by atoms with Crippen LogP contribution in [0.4, 0.5) is 0 Å². The molecule has 1 rings (SSSR count). The number of hydrogen-bond acceptors (Lipinski definition) is 2. The van der Waals surface area contributed by atoms with Crippen LogP contribution in [0.25, 0.3) is 0 Å². The average Bonchev–Trinajstić information content (AvgIpc) is 2.19. The Morgan fingerprint density at radius 1 is 1.29 bits per heavy atom. The van der Waals surface area contributed by atoms with Crippen LogP contribution in [0.3, 0.4) is 0 Å². The molecule has 1 aromatic rings. The molecule has 0 aliphatic heterocycles. The smallest absolute Gasteiger partial charge is 0.129 e. The lowest BCUT2D eigenvalue weighted by Gasteiger charge is -2.09. The Labute approximate surface area is 82.5 Å². The number of carbonyl (C=O) groups excluding carboxylic acids is 1. The number of benzene rings is 1. The average molecular weight is 195 g/mol. The van der Waals surface area contributed by atoms with Crippen molar-refractivity contribution in [2.45, 2.75) is 19.0 Å². The van der Waals surface area contributed by atoms with Crippen molar-refractivity contribution in [3.63, 3.8) is 0 Å². The first-order chi connectivity index (χ1) is 6.63. The topological polar surface area (TPSA) is 95.4 Å². The van der Waals surface area contributed by atoms with Gasteiger partial charge in [0.25, 0.3) is 0 Å². The van der Waals surface area contributed by atoms with Crippen LogP contribution in [-0.2, 0) is 17.8 Å². The molecule has 6 N–H and O–H groups in total. The highest BCUT2D eigenvalue weighted by atomic mass is 16.4. The maximum absolute atomic E-state index is 10.4. The fourth-order valence-electron chi connectivity index (χ4n) is 1.21. The molecule has 1 aromatic carbocycles. The third kappa shape index (κ3) is 2.83. The first kappa shape index (κ1) is 10.7. The van der Waals surface area contributed by atoms with Crippen molar-refractivity contribution in [1.29, 1.82) is 0 Å². The predicted octanol–water partition coefficient (Wildman–Crippen LogP) is -2.67. The van der Waals surface area contributed by atoms with Crippen LogP contribution in [0, 0.1) is 0 Å². The molecule has 14 heavy (non-hydrogen) atoms. The van der Waals surface area contributed by atoms with Crippen LogP contribution in [0.2, 0.25) is 0 Å². The van der Waals surface area contributed by atoms with E-state index in [-0.39, 0.29) is 0 Å². The van der Waals surface area contributed by atoms with Gasteiger partial charge in [0.2, 0.25) is 0 Å². The van der Waals surface area contributed by atoms with E-state index < -0.39 is 12.0 Å². The summed E-state index contributed by atoms with van der Waals surface area (Å²) in [5.74, 6) is -1.11. The highest BCUT2D eigenvalue weighted by molar-refractivity contribution is 5.69. The molecule has 76 valence electrons. The molecular weight excluding hydrogens is 180 g/mol. The molecule has 4 heteroatoms. The second-order valence-corrected chi connectivity index (χ2v) is 3.29. The highest BCUT2D eigenvalue weighted by Gasteiger charge is 2.07. The minimum Gasteiger partial charge on any atom is -0.544 e. The summed E-state index contributed by atoms with van der Waals surface area (Å²) in [5.41, 5.74) is 9.37. The molecule has 1 atom stereocenters. The van der Waals surface area contributed by atoms with Crippen molar-refractivity contribution in [3.05, 3.63) is 35.4 Å². The summed E-state index contributed by atoms with van der Waals surface area (Å²) < 4.78 is 0.